The number of hydrogen-bond acceptors (Lipinski definition) is 4. The van der Waals surface area contributed by atoms with Gasteiger partial charge in [-0.1, -0.05) is 23.7 Å². The molecule has 1 saturated heterocycles. The van der Waals surface area contributed by atoms with Crippen molar-refractivity contribution in [2.24, 2.45) is 5.73 Å². The molecule has 1 aliphatic heterocycles. The van der Waals surface area contributed by atoms with E-state index in [0.717, 1.165) is 37.2 Å². The van der Waals surface area contributed by atoms with Crippen LogP contribution in [0.15, 0.2) is 36.7 Å². The molecule has 0 aliphatic carbocycles. The van der Waals surface area contributed by atoms with E-state index >= 15 is 0 Å². The topological polar surface area (TPSA) is 55.0 Å². The summed E-state index contributed by atoms with van der Waals surface area (Å²) in [5, 5.41) is 0.695. The Morgan fingerprint density at radius 1 is 1.15 bits per heavy atom. The Labute approximate surface area is 123 Å². The second-order valence-electron chi connectivity index (χ2n) is 5.10. The monoisotopic (exact) mass is 288 g/mol. The lowest BCUT2D eigenvalue weighted by atomic mass is 10.1. The molecule has 3 rings (SSSR count). The third kappa shape index (κ3) is 2.92. The first-order valence-corrected chi connectivity index (χ1v) is 7.19. The minimum absolute atomic E-state index is 0.331. The maximum Gasteiger partial charge on any atom is 0.159 e. The molecule has 0 saturated carbocycles. The van der Waals surface area contributed by atoms with E-state index in [9.17, 15) is 0 Å². The molecule has 5 heteroatoms. The molecule has 2 N–H and O–H groups in total. The molecule has 1 aliphatic rings. The Morgan fingerprint density at radius 3 is 2.50 bits per heavy atom. The van der Waals surface area contributed by atoms with Crippen molar-refractivity contribution in [2.75, 3.05) is 18.0 Å². The molecule has 0 amide bonds. The Morgan fingerprint density at radius 2 is 1.85 bits per heavy atom. The number of nitrogens with two attached hydrogens (primary N) is 1. The molecule has 0 radical (unpaired) electrons. The van der Waals surface area contributed by atoms with Gasteiger partial charge in [-0.3, -0.25) is 0 Å². The summed E-state index contributed by atoms with van der Waals surface area (Å²) >= 11 is 5.99. The van der Waals surface area contributed by atoms with E-state index in [0.29, 0.717) is 16.9 Å². The maximum absolute atomic E-state index is 5.99. The molecule has 20 heavy (non-hydrogen) atoms. The lowest BCUT2D eigenvalue weighted by Gasteiger charge is -2.31. The van der Waals surface area contributed by atoms with Crippen molar-refractivity contribution in [3.63, 3.8) is 0 Å². The van der Waals surface area contributed by atoms with Gasteiger partial charge in [0.15, 0.2) is 5.82 Å². The van der Waals surface area contributed by atoms with Gasteiger partial charge in [0.05, 0.1) is 18.1 Å². The van der Waals surface area contributed by atoms with E-state index in [-0.39, 0.29) is 0 Å². The Balaban J connectivity index is 1.78. The van der Waals surface area contributed by atoms with Gasteiger partial charge in [0, 0.05) is 29.7 Å². The predicted octanol–water partition coefficient (Wildman–Crippen LogP) is 2.72. The SMILES string of the molecule is NC1CCN(c2cnc(-c3cccc(Cl)c3)nc2)CC1. The second kappa shape index (κ2) is 5.77. The molecular formula is C15H17ClN4. The summed E-state index contributed by atoms with van der Waals surface area (Å²) in [7, 11) is 0. The summed E-state index contributed by atoms with van der Waals surface area (Å²) < 4.78 is 0. The highest BCUT2D eigenvalue weighted by molar-refractivity contribution is 6.30. The molecule has 0 bridgehead atoms. The molecule has 1 fully saturated rings. The zero-order valence-corrected chi connectivity index (χ0v) is 11.9. The molecule has 104 valence electrons. The van der Waals surface area contributed by atoms with Gasteiger partial charge in [-0.2, -0.15) is 0 Å². The number of nitrogens with zero attached hydrogens (tertiary/aromatic N) is 3. The molecule has 1 aromatic carbocycles. The normalized spacial score (nSPS) is 16.4. The van der Waals surface area contributed by atoms with Gasteiger partial charge in [0.25, 0.3) is 0 Å². The first-order valence-electron chi connectivity index (χ1n) is 6.81. The minimum Gasteiger partial charge on any atom is -0.369 e. The number of rotatable bonds is 2. The highest BCUT2D eigenvalue weighted by atomic mass is 35.5. The highest BCUT2D eigenvalue weighted by Gasteiger charge is 2.16. The van der Waals surface area contributed by atoms with Crippen LogP contribution in [0.3, 0.4) is 0 Å². The van der Waals surface area contributed by atoms with E-state index < -0.39 is 0 Å². The number of piperidine rings is 1. The molecule has 1 aromatic heterocycles. The zero-order valence-electron chi connectivity index (χ0n) is 11.2. The van der Waals surface area contributed by atoms with E-state index in [1.54, 1.807) is 0 Å². The van der Waals surface area contributed by atoms with Gasteiger partial charge in [-0.05, 0) is 25.0 Å². The Hall–Kier alpha value is -1.65. The van der Waals surface area contributed by atoms with Gasteiger partial charge >= 0.3 is 0 Å². The largest absolute Gasteiger partial charge is 0.369 e. The maximum atomic E-state index is 5.99. The van der Waals surface area contributed by atoms with Crippen LogP contribution >= 0.6 is 11.6 Å². The van der Waals surface area contributed by atoms with Gasteiger partial charge in [0.1, 0.15) is 0 Å². The molecule has 0 atom stereocenters. The molecular weight excluding hydrogens is 272 g/mol. The van der Waals surface area contributed by atoms with Gasteiger partial charge in [-0.25, -0.2) is 9.97 Å². The fourth-order valence-electron chi connectivity index (χ4n) is 2.42. The molecule has 2 heterocycles. The summed E-state index contributed by atoms with van der Waals surface area (Å²) in [6.07, 6.45) is 5.80. The number of hydrogen-bond donors (Lipinski definition) is 1. The molecule has 2 aromatic rings. The fraction of sp³-hybridized carbons (Fsp3) is 0.333. The van der Waals surface area contributed by atoms with Crippen molar-refractivity contribution in [3.8, 4) is 11.4 Å². The molecule has 0 unspecified atom stereocenters. The van der Waals surface area contributed by atoms with E-state index in [1.807, 2.05) is 36.7 Å². The van der Waals surface area contributed by atoms with Gasteiger partial charge in [-0.15, -0.1) is 0 Å². The van der Waals surface area contributed by atoms with Crippen LogP contribution in [0.4, 0.5) is 5.69 Å². The van der Waals surface area contributed by atoms with Crippen LogP contribution in [0.2, 0.25) is 5.02 Å². The average molecular weight is 289 g/mol. The lowest BCUT2D eigenvalue weighted by molar-refractivity contribution is 0.500. The first-order chi connectivity index (χ1) is 9.72. The van der Waals surface area contributed by atoms with Crippen LogP contribution in [-0.4, -0.2) is 29.1 Å². The number of anilines is 1. The molecule has 0 spiro atoms. The van der Waals surface area contributed by atoms with Crippen molar-refractivity contribution in [1.82, 2.24) is 9.97 Å². The van der Waals surface area contributed by atoms with Gasteiger partial charge in [0.2, 0.25) is 0 Å². The summed E-state index contributed by atoms with van der Waals surface area (Å²) in [6.45, 7) is 1.95. The lowest BCUT2D eigenvalue weighted by Crippen LogP contribution is -2.39. The van der Waals surface area contributed by atoms with E-state index in [1.165, 1.54) is 0 Å². The van der Waals surface area contributed by atoms with Crippen LogP contribution in [0.5, 0.6) is 0 Å². The third-order valence-electron chi connectivity index (χ3n) is 3.63. The second-order valence-corrected chi connectivity index (χ2v) is 5.54. The fourth-order valence-corrected chi connectivity index (χ4v) is 2.61. The standard InChI is InChI=1S/C15H17ClN4/c16-12-3-1-2-11(8-12)15-18-9-14(10-19-15)20-6-4-13(17)5-7-20/h1-3,8-10,13H,4-7,17H2. The summed E-state index contributed by atoms with van der Waals surface area (Å²) in [5.41, 5.74) is 7.91. The number of halogens is 1. The summed E-state index contributed by atoms with van der Waals surface area (Å²) in [5.74, 6) is 0.699. The van der Waals surface area contributed by atoms with E-state index in [2.05, 4.69) is 14.9 Å². The summed E-state index contributed by atoms with van der Waals surface area (Å²) in [4.78, 5) is 11.2. The predicted molar refractivity (Wildman–Crippen MR) is 81.9 cm³/mol. The zero-order chi connectivity index (χ0) is 13.9. The van der Waals surface area contributed by atoms with Crippen molar-refractivity contribution in [2.45, 2.75) is 18.9 Å². The molecule has 4 nitrogen and oxygen atoms in total. The van der Waals surface area contributed by atoms with Crippen LogP contribution in [0.25, 0.3) is 11.4 Å². The number of aromatic nitrogens is 2. The first kappa shape index (κ1) is 13.3. The van der Waals surface area contributed by atoms with Crippen molar-refractivity contribution in [3.05, 3.63) is 41.7 Å². The number of benzene rings is 1. The highest BCUT2D eigenvalue weighted by Crippen LogP contribution is 2.22. The van der Waals surface area contributed by atoms with Crippen LogP contribution in [0.1, 0.15) is 12.8 Å². The van der Waals surface area contributed by atoms with Crippen LogP contribution in [-0.2, 0) is 0 Å². The van der Waals surface area contributed by atoms with Gasteiger partial charge < -0.3 is 10.6 Å². The minimum atomic E-state index is 0.331. The van der Waals surface area contributed by atoms with E-state index in [4.69, 9.17) is 17.3 Å². The van der Waals surface area contributed by atoms with Crippen molar-refractivity contribution < 1.29 is 0 Å². The quantitative estimate of drug-likeness (QED) is 0.923. The summed E-state index contributed by atoms with van der Waals surface area (Å²) in [6, 6.07) is 7.91. The average Bonchev–Trinajstić information content (AvgIpc) is 2.48. The Kier molecular flexibility index (Phi) is 3.85. The van der Waals surface area contributed by atoms with Crippen molar-refractivity contribution in [1.29, 1.82) is 0 Å². The van der Waals surface area contributed by atoms with Crippen LogP contribution < -0.4 is 10.6 Å². The third-order valence-corrected chi connectivity index (χ3v) is 3.86. The smallest absolute Gasteiger partial charge is 0.159 e. The van der Waals surface area contributed by atoms with Crippen molar-refractivity contribution >= 4 is 17.3 Å². The van der Waals surface area contributed by atoms with Crippen LogP contribution in [0, 0.1) is 0 Å². The Bertz CT molecular complexity index is 577.